The summed E-state index contributed by atoms with van der Waals surface area (Å²) in [4.78, 5) is 2.08. The Hall–Kier alpha value is -0.710. The van der Waals surface area contributed by atoms with E-state index in [2.05, 4.69) is 15.9 Å². The average molecular weight is 315 g/mol. The number of benzene rings is 1. The third-order valence-corrected chi connectivity index (χ3v) is 4.40. The Morgan fingerprint density at radius 1 is 1.29 bits per heavy atom. The molecule has 0 saturated carbocycles. The molecule has 0 amide bonds. The molecule has 0 aliphatic rings. The van der Waals surface area contributed by atoms with Gasteiger partial charge in [0.25, 0.3) is 0 Å². The van der Waals surface area contributed by atoms with Crippen LogP contribution in [-0.4, -0.2) is 5.11 Å². The molecule has 90 valence electrons. The summed E-state index contributed by atoms with van der Waals surface area (Å²) in [6.07, 6.45) is -0.689. The van der Waals surface area contributed by atoms with E-state index >= 15 is 0 Å². The maximum atomic E-state index is 13.1. The molecule has 1 heterocycles. The highest BCUT2D eigenvalue weighted by molar-refractivity contribution is 9.10. The van der Waals surface area contributed by atoms with E-state index in [4.69, 9.17) is 0 Å². The zero-order valence-electron chi connectivity index (χ0n) is 9.50. The molecule has 1 unspecified atom stereocenters. The standard InChI is InChI=1S/C13H12BrFOS/c1-7-5-8(2)17-13(7)12(16)9-3-4-11(15)10(14)6-9/h3-6,12,16H,1-2H3. The monoisotopic (exact) mass is 314 g/mol. The Kier molecular flexibility index (Phi) is 3.66. The van der Waals surface area contributed by atoms with Crippen LogP contribution in [-0.2, 0) is 0 Å². The van der Waals surface area contributed by atoms with Crippen molar-refractivity contribution >= 4 is 27.3 Å². The van der Waals surface area contributed by atoms with Crippen LogP contribution in [0.4, 0.5) is 4.39 Å². The van der Waals surface area contributed by atoms with E-state index in [0.717, 1.165) is 15.3 Å². The second kappa shape index (κ2) is 4.88. The fraction of sp³-hybridized carbons (Fsp3) is 0.231. The van der Waals surface area contributed by atoms with Gasteiger partial charge in [-0.2, -0.15) is 0 Å². The first kappa shape index (κ1) is 12.7. The Bertz CT molecular complexity index is 550. The minimum atomic E-state index is -0.689. The van der Waals surface area contributed by atoms with Gasteiger partial charge in [-0.1, -0.05) is 6.07 Å². The van der Waals surface area contributed by atoms with Gasteiger partial charge < -0.3 is 5.11 Å². The van der Waals surface area contributed by atoms with Gasteiger partial charge in [0.2, 0.25) is 0 Å². The van der Waals surface area contributed by atoms with Gasteiger partial charge in [-0.05, 0) is 59.1 Å². The lowest BCUT2D eigenvalue weighted by Gasteiger charge is -2.11. The maximum Gasteiger partial charge on any atom is 0.137 e. The molecule has 1 aromatic carbocycles. The van der Waals surface area contributed by atoms with Crippen molar-refractivity contribution in [3.05, 3.63) is 55.4 Å². The Morgan fingerprint density at radius 3 is 2.53 bits per heavy atom. The summed E-state index contributed by atoms with van der Waals surface area (Å²) < 4.78 is 13.5. The van der Waals surface area contributed by atoms with Crippen molar-refractivity contribution in [3.63, 3.8) is 0 Å². The smallest absolute Gasteiger partial charge is 0.137 e. The fourth-order valence-electron chi connectivity index (χ4n) is 1.76. The second-order valence-electron chi connectivity index (χ2n) is 3.98. The molecule has 0 saturated heterocycles. The molecule has 2 rings (SSSR count). The summed E-state index contributed by atoms with van der Waals surface area (Å²) in [5.41, 5.74) is 1.77. The van der Waals surface area contributed by atoms with Gasteiger partial charge >= 0.3 is 0 Å². The van der Waals surface area contributed by atoms with Crippen LogP contribution in [0, 0.1) is 19.7 Å². The maximum absolute atomic E-state index is 13.1. The molecule has 0 bridgehead atoms. The molecule has 0 fully saturated rings. The highest BCUT2D eigenvalue weighted by Crippen LogP contribution is 2.33. The Balaban J connectivity index is 2.40. The van der Waals surface area contributed by atoms with E-state index < -0.39 is 6.10 Å². The molecular formula is C13H12BrFOS. The molecule has 17 heavy (non-hydrogen) atoms. The summed E-state index contributed by atoms with van der Waals surface area (Å²) in [6, 6.07) is 6.63. The molecule has 0 radical (unpaired) electrons. The van der Waals surface area contributed by atoms with Crippen molar-refractivity contribution in [2.24, 2.45) is 0 Å². The molecule has 2 aromatic rings. The lowest BCUT2D eigenvalue weighted by molar-refractivity contribution is 0.223. The van der Waals surface area contributed by atoms with E-state index in [1.165, 1.54) is 6.07 Å². The first-order valence-corrected chi connectivity index (χ1v) is 6.80. The van der Waals surface area contributed by atoms with Crippen LogP contribution in [0.2, 0.25) is 0 Å². The Morgan fingerprint density at radius 2 is 2.00 bits per heavy atom. The number of aliphatic hydroxyl groups is 1. The molecule has 1 aromatic heterocycles. The molecule has 0 aliphatic carbocycles. The molecular weight excluding hydrogens is 303 g/mol. The fourth-order valence-corrected chi connectivity index (χ4v) is 3.21. The average Bonchev–Trinajstić information content (AvgIpc) is 2.61. The Labute approximate surface area is 112 Å². The molecule has 0 spiro atoms. The van der Waals surface area contributed by atoms with Crippen molar-refractivity contribution in [1.82, 2.24) is 0 Å². The van der Waals surface area contributed by atoms with Crippen LogP contribution >= 0.6 is 27.3 Å². The highest BCUT2D eigenvalue weighted by atomic mass is 79.9. The summed E-state index contributed by atoms with van der Waals surface area (Å²) in [5, 5.41) is 10.3. The number of thiophene rings is 1. The van der Waals surface area contributed by atoms with Gasteiger partial charge in [-0.3, -0.25) is 0 Å². The summed E-state index contributed by atoms with van der Waals surface area (Å²) >= 11 is 4.70. The highest BCUT2D eigenvalue weighted by Gasteiger charge is 2.16. The van der Waals surface area contributed by atoms with Gasteiger partial charge in [-0.25, -0.2) is 4.39 Å². The predicted octanol–water partition coefficient (Wildman–Crippen LogP) is 4.35. The molecule has 1 nitrogen and oxygen atoms in total. The third-order valence-electron chi connectivity index (χ3n) is 2.59. The molecule has 4 heteroatoms. The van der Waals surface area contributed by atoms with Gasteiger partial charge in [0.1, 0.15) is 11.9 Å². The lowest BCUT2D eigenvalue weighted by Crippen LogP contribution is -1.99. The van der Waals surface area contributed by atoms with Crippen LogP contribution in [0.15, 0.2) is 28.7 Å². The van der Waals surface area contributed by atoms with Crippen molar-refractivity contribution in [1.29, 1.82) is 0 Å². The minimum Gasteiger partial charge on any atom is -0.383 e. The van der Waals surface area contributed by atoms with Crippen molar-refractivity contribution < 1.29 is 9.50 Å². The van der Waals surface area contributed by atoms with Crippen molar-refractivity contribution in [3.8, 4) is 0 Å². The topological polar surface area (TPSA) is 20.2 Å². The van der Waals surface area contributed by atoms with Crippen molar-refractivity contribution in [2.45, 2.75) is 20.0 Å². The molecule has 1 N–H and O–H groups in total. The van der Waals surface area contributed by atoms with Crippen LogP contribution < -0.4 is 0 Å². The first-order chi connectivity index (χ1) is 7.99. The SMILES string of the molecule is Cc1cc(C)c(C(O)c2ccc(F)c(Br)c2)s1. The third kappa shape index (κ3) is 2.59. The summed E-state index contributed by atoms with van der Waals surface area (Å²) in [7, 11) is 0. The zero-order valence-corrected chi connectivity index (χ0v) is 11.9. The summed E-state index contributed by atoms with van der Waals surface area (Å²) in [5.74, 6) is -0.319. The van der Waals surface area contributed by atoms with Crippen LogP contribution in [0.5, 0.6) is 0 Å². The van der Waals surface area contributed by atoms with Crippen molar-refractivity contribution in [2.75, 3.05) is 0 Å². The van der Waals surface area contributed by atoms with Crippen LogP contribution in [0.3, 0.4) is 0 Å². The number of aliphatic hydroxyl groups excluding tert-OH is 1. The van der Waals surface area contributed by atoms with E-state index in [1.54, 1.807) is 23.5 Å². The summed E-state index contributed by atoms with van der Waals surface area (Å²) in [6.45, 7) is 3.98. The molecule has 0 aliphatic heterocycles. The first-order valence-electron chi connectivity index (χ1n) is 5.19. The number of hydrogen-bond acceptors (Lipinski definition) is 2. The number of halogens is 2. The van der Waals surface area contributed by atoms with E-state index in [9.17, 15) is 9.50 Å². The van der Waals surface area contributed by atoms with Gasteiger partial charge in [0.15, 0.2) is 0 Å². The number of rotatable bonds is 2. The van der Waals surface area contributed by atoms with E-state index in [-0.39, 0.29) is 5.82 Å². The quantitative estimate of drug-likeness (QED) is 0.873. The predicted molar refractivity (Wildman–Crippen MR) is 72.0 cm³/mol. The molecule has 1 atom stereocenters. The number of aryl methyl sites for hydroxylation is 2. The number of hydrogen-bond donors (Lipinski definition) is 1. The minimum absolute atomic E-state index is 0.319. The van der Waals surface area contributed by atoms with Gasteiger partial charge in [0, 0.05) is 9.75 Å². The van der Waals surface area contributed by atoms with E-state index in [1.807, 2.05) is 19.9 Å². The van der Waals surface area contributed by atoms with Gasteiger partial charge in [-0.15, -0.1) is 11.3 Å². The lowest BCUT2D eigenvalue weighted by atomic mass is 10.1. The van der Waals surface area contributed by atoms with Crippen LogP contribution in [0.25, 0.3) is 0 Å². The van der Waals surface area contributed by atoms with E-state index in [0.29, 0.717) is 10.0 Å². The van der Waals surface area contributed by atoms with Crippen LogP contribution in [0.1, 0.15) is 27.0 Å². The largest absolute Gasteiger partial charge is 0.383 e. The normalized spacial score (nSPS) is 12.8. The second-order valence-corrected chi connectivity index (χ2v) is 6.12. The zero-order chi connectivity index (χ0) is 12.6. The van der Waals surface area contributed by atoms with Gasteiger partial charge in [0.05, 0.1) is 4.47 Å².